The summed E-state index contributed by atoms with van der Waals surface area (Å²) < 4.78 is 10.5. The Labute approximate surface area is 109 Å². The smallest absolute Gasteiger partial charge is 0.160 e. The predicted octanol–water partition coefficient (Wildman–Crippen LogP) is 3.90. The highest BCUT2D eigenvalue weighted by molar-refractivity contribution is 6.21. The van der Waals surface area contributed by atoms with E-state index in [1.807, 2.05) is 18.2 Å². The molecular weight excluding hydrogens is 236 g/mol. The zero-order chi connectivity index (χ0) is 13.1. The van der Waals surface area contributed by atoms with Gasteiger partial charge in [0, 0.05) is 5.38 Å². The van der Waals surface area contributed by atoms with Gasteiger partial charge in [-0.1, -0.05) is 26.8 Å². The second-order valence-corrected chi connectivity index (χ2v) is 5.75. The number of hydrogen-bond donors (Lipinski definition) is 0. The van der Waals surface area contributed by atoms with Gasteiger partial charge >= 0.3 is 0 Å². The third-order valence-electron chi connectivity index (χ3n) is 2.80. The van der Waals surface area contributed by atoms with E-state index >= 15 is 0 Å². The highest BCUT2D eigenvalue weighted by Gasteiger charge is 2.22. The van der Waals surface area contributed by atoms with Crippen LogP contribution in [-0.2, 0) is 6.42 Å². The third kappa shape index (κ3) is 3.81. The largest absolute Gasteiger partial charge is 0.493 e. The van der Waals surface area contributed by atoms with Gasteiger partial charge in [0.05, 0.1) is 14.2 Å². The van der Waals surface area contributed by atoms with E-state index in [0.29, 0.717) is 0 Å². The summed E-state index contributed by atoms with van der Waals surface area (Å²) in [5, 5.41) is 0.0978. The molecule has 1 atom stereocenters. The number of halogens is 1. The maximum absolute atomic E-state index is 6.39. The van der Waals surface area contributed by atoms with Crippen LogP contribution in [0.5, 0.6) is 11.5 Å². The van der Waals surface area contributed by atoms with Gasteiger partial charge in [0.2, 0.25) is 0 Å². The van der Waals surface area contributed by atoms with Crippen molar-refractivity contribution in [1.29, 1.82) is 0 Å². The van der Waals surface area contributed by atoms with Crippen LogP contribution in [0.3, 0.4) is 0 Å². The first kappa shape index (κ1) is 14.2. The Balaban J connectivity index is 2.86. The van der Waals surface area contributed by atoms with Crippen LogP contribution in [0.2, 0.25) is 0 Å². The van der Waals surface area contributed by atoms with Gasteiger partial charge in [-0.15, -0.1) is 11.6 Å². The highest BCUT2D eigenvalue weighted by atomic mass is 35.5. The lowest BCUT2D eigenvalue weighted by atomic mass is 9.88. The normalized spacial score (nSPS) is 13.3. The zero-order valence-electron chi connectivity index (χ0n) is 11.2. The van der Waals surface area contributed by atoms with Gasteiger partial charge in [-0.2, -0.15) is 0 Å². The van der Waals surface area contributed by atoms with E-state index in [1.54, 1.807) is 14.2 Å². The monoisotopic (exact) mass is 256 g/mol. The van der Waals surface area contributed by atoms with Gasteiger partial charge in [0.15, 0.2) is 11.5 Å². The lowest BCUT2D eigenvalue weighted by Crippen LogP contribution is -2.22. The first-order valence-electron chi connectivity index (χ1n) is 5.73. The van der Waals surface area contributed by atoms with E-state index in [2.05, 4.69) is 20.8 Å². The minimum atomic E-state index is 0.0920. The molecule has 17 heavy (non-hydrogen) atoms. The van der Waals surface area contributed by atoms with Crippen molar-refractivity contribution in [1.82, 2.24) is 0 Å². The Morgan fingerprint density at radius 2 is 1.71 bits per heavy atom. The molecule has 3 heteroatoms. The van der Waals surface area contributed by atoms with Gasteiger partial charge in [-0.25, -0.2) is 0 Å². The fraction of sp³-hybridized carbons (Fsp3) is 0.571. The van der Waals surface area contributed by atoms with Gasteiger partial charge in [-0.3, -0.25) is 0 Å². The molecule has 2 nitrogen and oxygen atoms in total. The van der Waals surface area contributed by atoms with Crippen LogP contribution in [-0.4, -0.2) is 19.6 Å². The molecule has 0 heterocycles. The average molecular weight is 257 g/mol. The lowest BCUT2D eigenvalue weighted by Gasteiger charge is -2.25. The number of ether oxygens (including phenoxy) is 2. The van der Waals surface area contributed by atoms with Crippen LogP contribution >= 0.6 is 11.6 Å². The van der Waals surface area contributed by atoms with Crippen molar-refractivity contribution in [2.75, 3.05) is 14.2 Å². The van der Waals surface area contributed by atoms with Gasteiger partial charge in [0.1, 0.15) is 0 Å². The Morgan fingerprint density at radius 1 is 1.12 bits per heavy atom. The first-order chi connectivity index (χ1) is 7.88. The van der Waals surface area contributed by atoms with Crippen molar-refractivity contribution in [3.63, 3.8) is 0 Å². The van der Waals surface area contributed by atoms with E-state index in [4.69, 9.17) is 21.1 Å². The molecule has 0 aromatic heterocycles. The summed E-state index contributed by atoms with van der Waals surface area (Å²) in [5.41, 5.74) is 1.26. The van der Waals surface area contributed by atoms with Crippen molar-refractivity contribution in [2.45, 2.75) is 32.6 Å². The van der Waals surface area contributed by atoms with Crippen molar-refractivity contribution < 1.29 is 9.47 Å². The van der Waals surface area contributed by atoms with E-state index in [0.717, 1.165) is 23.5 Å². The van der Waals surface area contributed by atoms with E-state index in [-0.39, 0.29) is 10.8 Å². The third-order valence-corrected chi connectivity index (χ3v) is 3.61. The van der Waals surface area contributed by atoms with E-state index in [9.17, 15) is 0 Å². The van der Waals surface area contributed by atoms with Crippen LogP contribution in [0, 0.1) is 5.41 Å². The summed E-state index contributed by atoms with van der Waals surface area (Å²) >= 11 is 6.39. The zero-order valence-corrected chi connectivity index (χ0v) is 12.0. The molecule has 0 fully saturated rings. The molecule has 0 aliphatic carbocycles. The molecule has 0 radical (unpaired) electrons. The minimum Gasteiger partial charge on any atom is -0.493 e. The topological polar surface area (TPSA) is 18.5 Å². The molecule has 1 aromatic rings. The number of hydrogen-bond acceptors (Lipinski definition) is 2. The minimum absolute atomic E-state index is 0.0920. The summed E-state index contributed by atoms with van der Waals surface area (Å²) in [7, 11) is 3.28. The molecule has 1 aromatic carbocycles. The molecule has 1 rings (SSSR count). The molecule has 96 valence electrons. The van der Waals surface area contributed by atoms with Gasteiger partial charge in [0.25, 0.3) is 0 Å². The number of rotatable bonds is 4. The molecular formula is C14H21ClO2. The second-order valence-electron chi connectivity index (χ2n) is 5.23. The molecule has 0 aliphatic heterocycles. The lowest BCUT2D eigenvalue weighted by molar-refractivity contribution is 0.353. The summed E-state index contributed by atoms with van der Waals surface area (Å²) in [6, 6.07) is 5.93. The first-order valence-corrected chi connectivity index (χ1v) is 6.17. The Kier molecular flexibility index (Phi) is 4.70. The van der Waals surface area contributed by atoms with Crippen molar-refractivity contribution in [3.8, 4) is 11.5 Å². The summed E-state index contributed by atoms with van der Waals surface area (Å²) in [6.45, 7) is 6.43. The number of methoxy groups -OCH3 is 2. The standard InChI is InChI=1S/C14H21ClO2/c1-14(2,3)13(15)9-10-6-7-11(16-4)12(8-10)17-5/h6-8,13H,9H2,1-5H3. The number of benzene rings is 1. The molecule has 1 unspecified atom stereocenters. The fourth-order valence-electron chi connectivity index (χ4n) is 1.52. The van der Waals surface area contributed by atoms with Crippen molar-refractivity contribution in [2.24, 2.45) is 5.41 Å². The van der Waals surface area contributed by atoms with Crippen LogP contribution in [0.15, 0.2) is 18.2 Å². The molecule has 0 spiro atoms. The molecule has 0 amide bonds. The summed E-state index contributed by atoms with van der Waals surface area (Å²) in [5.74, 6) is 1.50. The fourth-order valence-corrected chi connectivity index (χ4v) is 1.70. The summed E-state index contributed by atoms with van der Waals surface area (Å²) in [4.78, 5) is 0. The van der Waals surface area contributed by atoms with E-state index < -0.39 is 0 Å². The van der Waals surface area contributed by atoms with E-state index in [1.165, 1.54) is 0 Å². The van der Waals surface area contributed by atoms with Crippen LogP contribution in [0.25, 0.3) is 0 Å². The molecule has 0 bridgehead atoms. The van der Waals surface area contributed by atoms with Crippen LogP contribution < -0.4 is 9.47 Å². The average Bonchev–Trinajstić information content (AvgIpc) is 2.27. The van der Waals surface area contributed by atoms with Crippen molar-refractivity contribution in [3.05, 3.63) is 23.8 Å². The van der Waals surface area contributed by atoms with Gasteiger partial charge < -0.3 is 9.47 Å². The second kappa shape index (κ2) is 5.63. The molecule has 0 N–H and O–H groups in total. The quantitative estimate of drug-likeness (QED) is 0.761. The molecule has 0 saturated carbocycles. The SMILES string of the molecule is COc1ccc(CC(Cl)C(C)(C)C)cc1OC. The Hall–Kier alpha value is -0.890. The van der Waals surface area contributed by atoms with Gasteiger partial charge in [-0.05, 0) is 29.5 Å². The number of alkyl halides is 1. The maximum atomic E-state index is 6.39. The summed E-state index contributed by atoms with van der Waals surface area (Å²) in [6.07, 6.45) is 0.825. The van der Waals surface area contributed by atoms with Crippen LogP contribution in [0.1, 0.15) is 26.3 Å². The maximum Gasteiger partial charge on any atom is 0.160 e. The molecule has 0 saturated heterocycles. The Morgan fingerprint density at radius 3 is 2.18 bits per heavy atom. The Bertz CT molecular complexity index is 369. The highest BCUT2D eigenvalue weighted by Crippen LogP contribution is 2.31. The molecule has 0 aliphatic rings. The van der Waals surface area contributed by atoms with Crippen LogP contribution in [0.4, 0.5) is 0 Å². The predicted molar refractivity (Wildman–Crippen MR) is 72.3 cm³/mol. The van der Waals surface area contributed by atoms with Crippen molar-refractivity contribution >= 4 is 11.6 Å².